The fourth-order valence-corrected chi connectivity index (χ4v) is 2.66. The Balaban J connectivity index is 1.82. The van der Waals surface area contributed by atoms with Gasteiger partial charge in [-0.1, -0.05) is 18.2 Å². The number of aryl methyl sites for hydroxylation is 1. The average molecular weight is 274 g/mol. The van der Waals surface area contributed by atoms with E-state index in [1.54, 1.807) is 11.3 Å². The summed E-state index contributed by atoms with van der Waals surface area (Å²) in [5.41, 5.74) is 7.55. The highest BCUT2D eigenvalue weighted by Crippen LogP contribution is 2.18. The summed E-state index contributed by atoms with van der Waals surface area (Å²) in [4.78, 5) is 13.0. The van der Waals surface area contributed by atoms with Gasteiger partial charge in [0.25, 0.3) is 0 Å². The summed E-state index contributed by atoms with van der Waals surface area (Å²) in [7, 11) is 0. The van der Waals surface area contributed by atoms with Crippen LogP contribution < -0.4 is 11.1 Å². The first kappa shape index (κ1) is 13.6. The van der Waals surface area contributed by atoms with Crippen molar-refractivity contribution in [3.63, 3.8) is 0 Å². The minimum Gasteiger partial charge on any atom is -0.399 e. The fourth-order valence-electron chi connectivity index (χ4n) is 1.93. The van der Waals surface area contributed by atoms with E-state index < -0.39 is 0 Å². The summed E-state index contributed by atoms with van der Waals surface area (Å²) in [5.74, 6) is 0.0725. The van der Waals surface area contributed by atoms with E-state index in [2.05, 4.69) is 5.32 Å². The molecule has 3 nitrogen and oxygen atoms in total. The van der Waals surface area contributed by atoms with Crippen molar-refractivity contribution in [2.45, 2.75) is 25.8 Å². The first-order valence-electron chi connectivity index (χ1n) is 6.32. The summed E-state index contributed by atoms with van der Waals surface area (Å²) in [6, 6.07) is 11.8. The molecule has 1 atom stereocenters. The molecule has 0 aliphatic carbocycles. The highest BCUT2D eigenvalue weighted by Gasteiger charge is 2.10. The lowest BCUT2D eigenvalue weighted by Gasteiger charge is -2.12. The van der Waals surface area contributed by atoms with E-state index in [0.29, 0.717) is 12.8 Å². The van der Waals surface area contributed by atoms with E-state index in [4.69, 9.17) is 5.73 Å². The lowest BCUT2D eigenvalue weighted by atomic mass is 10.1. The Morgan fingerprint density at radius 2 is 2.21 bits per heavy atom. The zero-order chi connectivity index (χ0) is 13.7. The minimum absolute atomic E-state index is 0.0725. The number of rotatable bonds is 5. The van der Waals surface area contributed by atoms with Gasteiger partial charge in [0, 0.05) is 17.0 Å². The van der Waals surface area contributed by atoms with E-state index >= 15 is 0 Å². The second-order valence-electron chi connectivity index (χ2n) is 4.55. The van der Waals surface area contributed by atoms with E-state index in [1.165, 1.54) is 4.88 Å². The molecule has 0 bridgehead atoms. The summed E-state index contributed by atoms with van der Waals surface area (Å²) in [5, 5.41) is 5.03. The monoisotopic (exact) mass is 274 g/mol. The number of amides is 1. The van der Waals surface area contributed by atoms with Crippen molar-refractivity contribution in [3.05, 3.63) is 52.2 Å². The number of hydrogen-bond donors (Lipinski definition) is 2. The third kappa shape index (κ3) is 4.10. The van der Waals surface area contributed by atoms with Crippen LogP contribution in [0.2, 0.25) is 0 Å². The van der Waals surface area contributed by atoms with Crippen LogP contribution >= 0.6 is 11.3 Å². The Bertz CT molecular complexity index is 537. The third-order valence-corrected chi connectivity index (χ3v) is 3.99. The van der Waals surface area contributed by atoms with Crippen LogP contribution in [-0.2, 0) is 11.2 Å². The quantitative estimate of drug-likeness (QED) is 0.823. The van der Waals surface area contributed by atoms with Gasteiger partial charge in [-0.3, -0.25) is 4.79 Å². The summed E-state index contributed by atoms with van der Waals surface area (Å²) < 4.78 is 0. The fraction of sp³-hybridized carbons (Fsp3) is 0.267. The number of thiophene rings is 1. The van der Waals surface area contributed by atoms with Crippen LogP contribution in [-0.4, -0.2) is 5.91 Å². The Hall–Kier alpha value is -1.81. The molecule has 1 aromatic heterocycles. The highest BCUT2D eigenvalue weighted by molar-refractivity contribution is 7.10. The van der Waals surface area contributed by atoms with Gasteiger partial charge in [0.1, 0.15) is 0 Å². The van der Waals surface area contributed by atoms with Gasteiger partial charge < -0.3 is 11.1 Å². The molecule has 1 heterocycles. The number of nitrogens with two attached hydrogens (primary N) is 1. The molecule has 0 unspecified atom stereocenters. The van der Waals surface area contributed by atoms with Crippen LogP contribution in [0.4, 0.5) is 5.69 Å². The molecule has 19 heavy (non-hydrogen) atoms. The summed E-state index contributed by atoms with van der Waals surface area (Å²) in [6.07, 6.45) is 1.20. The molecule has 0 saturated heterocycles. The second kappa shape index (κ2) is 6.38. The van der Waals surface area contributed by atoms with Crippen LogP contribution in [0.1, 0.15) is 29.8 Å². The molecule has 1 aromatic carbocycles. The Morgan fingerprint density at radius 1 is 1.37 bits per heavy atom. The van der Waals surface area contributed by atoms with Crippen molar-refractivity contribution < 1.29 is 4.79 Å². The normalized spacial score (nSPS) is 12.1. The number of nitrogen functional groups attached to an aromatic ring is 1. The molecule has 2 rings (SSSR count). The first-order valence-corrected chi connectivity index (χ1v) is 7.20. The van der Waals surface area contributed by atoms with Crippen molar-refractivity contribution in [1.29, 1.82) is 0 Å². The predicted molar refractivity (Wildman–Crippen MR) is 80.1 cm³/mol. The van der Waals surface area contributed by atoms with Gasteiger partial charge in [0.05, 0.1) is 6.04 Å². The van der Waals surface area contributed by atoms with E-state index in [0.717, 1.165) is 11.3 Å². The minimum atomic E-state index is 0.0725. The zero-order valence-electron chi connectivity index (χ0n) is 10.9. The molecular weight excluding hydrogens is 256 g/mol. The Morgan fingerprint density at radius 3 is 2.89 bits per heavy atom. The molecule has 0 radical (unpaired) electrons. The lowest BCUT2D eigenvalue weighted by molar-refractivity contribution is -0.121. The van der Waals surface area contributed by atoms with Crippen LogP contribution in [0.15, 0.2) is 41.8 Å². The van der Waals surface area contributed by atoms with Crippen LogP contribution in [0.3, 0.4) is 0 Å². The molecule has 0 aliphatic rings. The number of carbonyl (C=O) groups is 1. The topological polar surface area (TPSA) is 55.1 Å². The molecule has 4 heteroatoms. The van der Waals surface area contributed by atoms with Crippen molar-refractivity contribution in [2.24, 2.45) is 0 Å². The van der Waals surface area contributed by atoms with Crippen molar-refractivity contribution in [3.8, 4) is 0 Å². The van der Waals surface area contributed by atoms with Crippen LogP contribution in [0.5, 0.6) is 0 Å². The Labute approximate surface area is 117 Å². The highest BCUT2D eigenvalue weighted by atomic mass is 32.1. The maximum atomic E-state index is 11.9. The average Bonchev–Trinajstić information content (AvgIpc) is 2.90. The van der Waals surface area contributed by atoms with Gasteiger partial charge in [-0.2, -0.15) is 0 Å². The molecule has 0 fully saturated rings. The molecule has 2 aromatic rings. The Kier molecular flexibility index (Phi) is 4.58. The smallest absolute Gasteiger partial charge is 0.220 e. The SMILES string of the molecule is C[C@H](NC(=O)CCc1cccc(N)c1)c1cccs1. The summed E-state index contributed by atoms with van der Waals surface area (Å²) >= 11 is 1.66. The molecule has 1 amide bonds. The number of carbonyl (C=O) groups excluding carboxylic acids is 1. The van der Waals surface area contributed by atoms with Gasteiger partial charge in [0.15, 0.2) is 0 Å². The molecule has 100 valence electrons. The van der Waals surface area contributed by atoms with Crippen LogP contribution in [0, 0.1) is 0 Å². The third-order valence-electron chi connectivity index (χ3n) is 2.94. The maximum absolute atomic E-state index is 11.9. The van der Waals surface area contributed by atoms with Crippen molar-refractivity contribution >= 4 is 22.9 Å². The van der Waals surface area contributed by atoms with Gasteiger partial charge >= 0.3 is 0 Å². The second-order valence-corrected chi connectivity index (χ2v) is 5.53. The van der Waals surface area contributed by atoms with Gasteiger partial charge in [-0.25, -0.2) is 0 Å². The number of benzene rings is 1. The van der Waals surface area contributed by atoms with Crippen LogP contribution in [0.25, 0.3) is 0 Å². The number of nitrogens with one attached hydrogen (secondary N) is 1. The van der Waals surface area contributed by atoms with Crippen molar-refractivity contribution in [2.75, 3.05) is 5.73 Å². The van der Waals surface area contributed by atoms with Gasteiger partial charge in [0.2, 0.25) is 5.91 Å². The molecule has 0 saturated carbocycles. The number of hydrogen-bond acceptors (Lipinski definition) is 3. The predicted octanol–water partition coefficient (Wildman–Crippen LogP) is 3.14. The number of anilines is 1. The molecule has 0 aliphatic heterocycles. The maximum Gasteiger partial charge on any atom is 0.220 e. The van der Waals surface area contributed by atoms with Crippen molar-refractivity contribution in [1.82, 2.24) is 5.32 Å². The lowest BCUT2D eigenvalue weighted by Crippen LogP contribution is -2.26. The van der Waals surface area contributed by atoms with Gasteiger partial charge in [-0.15, -0.1) is 11.3 Å². The summed E-state index contributed by atoms with van der Waals surface area (Å²) in [6.45, 7) is 2.00. The zero-order valence-corrected chi connectivity index (χ0v) is 11.7. The van der Waals surface area contributed by atoms with Gasteiger partial charge in [-0.05, 0) is 42.5 Å². The van der Waals surface area contributed by atoms with E-state index in [9.17, 15) is 4.79 Å². The first-order chi connectivity index (χ1) is 9.15. The molecule has 0 spiro atoms. The molecular formula is C15H18N2OS. The largest absolute Gasteiger partial charge is 0.399 e. The standard InChI is InChI=1S/C15H18N2OS/c1-11(14-6-3-9-19-14)17-15(18)8-7-12-4-2-5-13(16)10-12/h2-6,9-11H,7-8,16H2,1H3,(H,17,18)/t11-/m0/s1. The van der Waals surface area contributed by atoms with E-state index in [1.807, 2.05) is 48.7 Å². The molecule has 3 N–H and O–H groups in total. The van der Waals surface area contributed by atoms with E-state index in [-0.39, 0.29) is 11.9 Å².